The maximum Gasteiger partial charge on any atom is 0.124 e. The molecule has 0 aliphatic rings. The summed E-state index contributed by atoms with van der Waals surface area (Å²) in [4.78, 5) is 0. The molecule has 0 aliphatic carbocycles. The summed E-state index contributed by atoms with van der Waals surface area (Å²) in [5.41, 5.74) is 2.16. The van der Waals surface area contributed by atoms with Crippen molar-refractivity contribution in [2.24, 2.45) is 0 Å². The van der Waals surface area contributed by atoms with Crippen molar-refractivity contribution in [1.29, 1.82) is 0 Å². The molecule has 2 rings (SSSR count). The Hall–Kier alpha value is -1.55. The lowest BCUT2D eigenvalue weighted by Crippen LogP contribution is -2.16. The van der Waals surface area contributed by atoms with Gasteiger partial charge in [-0.15, -0.1) is 0 Å². The molecule has 0 unspecified atom stereocenters. The predicted molar refractivity (Wildman–Crippen MR) is 85.6 cm³/mol. The first-order chi connectivity index (χ1) is 10.3. The number of nitrogens with one attached hydrogen (secondary N) is 1. The Bertz CT molecular complexity index is 546. The number of aliphatic hydroxyl groups excluding tert-OH is 1. The van der Waals surface area contributed by atoms with Crippen molar-refractivity contribution in [3.05, 3.63) is 64.7 Å². The van der Waals surface area contributed by atoms with Crippen LogP contribution in [0.2, 0.25) is 5.02 Å². The summed E-state index contributed by atoms with van der Waals surface area (Å²) < 4.78 is 5.89. The summed E-state index contributed by atoms with van der Waals surface area (Å²) in [6, 6.07) is 15.7. The third-order valence-corrected chi connectivity index (χ3v) is 3.32. The number of hydrogen-bond donors (Lipinski definition) is 2. The van der Waals surface area contributed by atoms with Crippen molar-refractivity contribution in [3.63, 3.8) is 0 Å². The highest BCUT2D eigenvalue weighted by Gasteiger charge is 2.05. The Kier molecular flexibility index (Phi) is 6.54. The van der Waals surface area contributed by atoms with E-state index in [9.17, 15) is 0 Å². The molecule has 0 saturated carbocycles. The average molecular weight is 306 g/mol. The Morgan fingerprint density at radius 2 is 1.90 bits per heavy atom. The highest BCUT2D eigenvalue weighted by molar-refractivity contribution is 6.30. The van der Waals surface area contributed by atoms with Crippen LogP contribution in [0, 0.1) is 0 Å². The van der Waals surface area contributed by atoms with Crippen LogP contribution in [0.5, 0.6) is 5.75 Å². The number of rotatable bonds is 8. The second-order valence-corrected chi connectivity index (χ2v) is 5.22. The molecule has 0 saturated heterocycles. The molecule has 4 heteroatoms. The van der Waals surface area contributed by atoms with Gasteiger partial charge in [-0.25, -0.2) is 0 Å². The van der Waals surface area contributed by atoms with E-state index in [0.717, 1.165) is 29.8 Å². The lowest BCUT2D eigenvalue weighted by atomic mass is 10.2. The van der Waals surface area contributed by atoms with Crippen LogP contribution in [-0.4, -0.2) is 18.3 Å². The molecule has 2 N–H and O–H groups in total. The molecule has 0 atom stereocenters. The van der Waals surface area contributed by atoms with Crippen molar-refractivity contribution in [1.82, 2.24) is 5.32 Å². The van der Waals surface area contributed by atoms with Crippen molar-refractivity contribution < 1.29 is 9.84 Å². The van der Waals surface area contributed by atoms with E-state index in [-0.39, 0.29) is 6.61 Å². The van der Waals surface area contributed by atoms with Gasteiger partial charge in [0.1, 0.15) is 12.4 Å². The van der Waals surface area contributed by atoms with Gasteiger partial charge >= 0.3 is 0 Å². The Labute approximate surface area is 130 Å². The van der Waals surface area contributed by atoms with E-state index >= 15 is 0 Å². The first-order valence-corrected chi connectivity index (χ1v) is 7.44. The lowest BCUT2D eigenvalue weighted by Gasteiger charge is -2.13. The zero-order valence-electron chi connectivity index (χ0n) is 11.9. The van der Waals surface area contributed by atoms with Gasteiger partial charge in [-0.05, 0) is 36.7 Å². The first-order valence-electron chi connectivity index (χ1n) is 7.06. The van der Waals surface area contributed by atoms with Gasteiger partial charge in [-0.2, -0.15) is 0 Å². The number of ether oxygens (including phenoxy) is 1. The van der Waals surface area contributed by atoms with Gasteiger partial charge in [0.15, 0.2) is 0 Å². The second-order valence-electron chi connectivity index (χ2n) is 4.78. The summed E-state index contributed by atoms with van der Waals surface area (Å²) in [7, 11) is 0. The minimum absolute atomic E-state index is 0.194. The van der Waals surface area contributed by atoms with Gasteiger partial charge in [0.25, 0.3) is 0 Å². The van der Waals surface area contributed by atoms with Crippen LogP contribution < -0.4 is 10.1 Å². The zero-order valence-corrected chi connectivity index (χ0v) is 12.6. The van der Waals surface area contributed by atoms with E-state index in [0.29, 0.717) is 18.2 Å². The Balaban J connectivity index is 1.97. The molecule has 0 bridgehead atoms. The maximum atomic E-state index is 8.79. The molecular formula is C17H20ClNO2. The van der Waals surface area contributed by atoms with E-state index in [4.69, 9.17) is 21.4 Å². The fraction of sp³-hybridized carbons (Fsp3) is 0.294. The molecule has 0 aliphatic heterocycles. The summed E-state index contributed by atoms with van der Waals surface area (Å²) in [5, 5.41) is 12.8. The van der Waals surface area contributed by atoms with Gasteiger partial charge in [-0.3, -0.25) is 0 Å². The molecule has 3 nitrogen and oxygen atoms in total. The van der Waals surface area contributed by atoms with Crippen molar-refractivity contribution in [3.8, 4) is 5.75 Å². The standard InChI is InChI=1S/C17H20ClNO2/c18-16-7-8-17(15(11-16)12-19-9-4-10-20)21-13-14-5-2-1-3-6-14/h1-3,5-8,11,19-20H,4,9-10,12-13H2. The van der Waals surface area contributed by atoms with Gasteiger partial charge in [0.2, 0.25) is 0 Å². The van der Waals surface area contributed by atoms with Crippen LogP contribution in [0.25, 0.3) is 0 Å². The molecule has 2 aromatic rings. The first kappa shape index (κ1) is 15.8. The zero-order chi connectivity index (χ0) is 14.9. The van der Waals surface area contributed by atoms with Crippen molar-refractivity contribution in [2.75, 3.05) is 13.2 Å². The van der Waals surface area contributed by atoms with Crippen LogP contribution in [0.1, 0.15) is 17.5 Å². The molecule has 0 radical (unpaired) electrons. The SMILES string of the molecule is OCCCNCc1cc(Cl)ccc1OCc1ccccc1. The highest BCUT2D eigenvalue weighted by atomic mass is 35.5. The minimum atomic E-state index is 0.194. The van der Waals surface area contributed by atoms with Gasteiger partial charge in [-0.1, -0.05) is 41.9 Å². The largest absolute Gasteiger partial charge is 0.489 e. The third kappa shape index (κ3) is 5.38. The molecule has 112 valence electrons. The Morgan fingerprint density at radius 3 is 2.67 bits per heavy atom. The topological polar surface area (TPSA) is 41.5 Å². The molecular weight excluding hydrogens is 286 g/mol. The summed E-state index contributed by atoms with van der Waals surface area (Å²) >= 11 is 6.05. The monoisotopic (exact) mass is 305 g/mol. The van der Waals surface area contributed by atoms with Gasteiger partial charge in [0, 0.05) is 23.7 Å². The fourth-order valence-corrected chi connectivity index (χ4v) is 2.18. The van der Waals surface area contributed by atoms with E-state index in [1.54, 1.807) is 0 Å². The van der Waals surface area contributed by atoms with E-state index in [1.165, 1.54) is 0 Å². The second kappa shape index (κ2) is 8.67. The van der Waals surface area contributed by atoms with Crippen molar-refractivity contribution in [2.45, 2.75) is 19.6 Å². The van der Waals surface area contributed by atoms with E-state index in [1.807, 2.05) is 48.5 Å². The number of halogens is 1. The minimum Gasteiger partial charge on any atom is -0.489 e. The normalized spacial score (nSPS) is 10.6. The fourth-order valence-electron chi connectivity index (χ4n) is 1.99. The predicted octanol–water partition coefficient (Wildman–Crippen LogP) is 3.39. The summed E-state index contributed by atoms with van der Waals surface area (Å²) in [6.07, 6.45) is 0.737. The summed E-state index contributed by atoms with van der Waals surface area (Å²) in [5.74, 6) is 0.833. The lowest BCUT2D eigenvalue weighted by molar-refractivity contribution is 0.285. The average Bonchev–Trinajstić information content (AvgIpc) is 2.52. The summed E-state index contributed by atoms with van der Waals surface area (Å²) in [6.45, 7) is 2.16. The molecule has 0 aromatic heterocycles. The van der Waals surface area contributed by atoms with Crippen LogP contribution in [-0.2, 0) is 13.2 Å². The van der Waals surface area contributed by atoms with Crippen LogP contribution >= 0.6 is 11.6 Å². The molecule has 0 fully saturated rings. The van der Waals surface area contributed by atoms with Crippen LogP contribution in [0.3, 0.4) is 0 Å². The highest BCUT2D eigenvalue weighted by Crippen LogP contribution is 2.23. The molecule has 0 heterocycles. The maximum absolute atomic E-state index is 8.79. The quantitative estimate of drug-likeness (QED) is 0.735. The number of benzene rings is 2. The van der Waals surface area contributed by atoms with Crippen LogP contribution in [0.4, 0.5) is 0 Å². The van der Waals surface area contributed by atoms with E-state index < -0.39 is 0 Å². The van der Waals surface area contributed by atoms with Gasteiger partial charge < -0.3 is 15.2 Å². The third-order valence-electron chi connectivity index (χ3n) is 3.09. The smallest absolute Gasteiger partial charge is 0.124 e. The number of aliphatic hydroxyl groups is 1. The molecule has 0 amide bonds. The Morgan fingerprint density at radius 1 is 1.10 bits per heavy atom. The molecule has 21 heavy (non-hydrogen) atoms. The van der Waals surface area contributed by atoms with Gasteiger partial charge in [0.05, 0.1) is 0 Å². The molecule has 2 aromatic carbocycles. The molecule has 0 spiro atoms. The van der Waals surface area contributed by atoms with Crippen LogP contribution in [0.15, 0.2) is 48.5 Å². The van der Waals surface area contributed by atoms with Crippen molar-refractivity contribution >= 4 is 11.6 Å². The van der Waals surface area contributed by atoms with E-state index in [2.05, 4.69) is 5.32 Å². The number of hydrogen-bond acceptors (Lipinski definition) is 3.